The van der Waals surface area contributed by atoms with Crippen molar-refractivity contribution in [1.82, 2.24) is 4.98 Å². The highest BCUT2D eigenvalue weighted by atomic mass is 35.5. The third kappa shape index (κ3) is 4.87. The Balaban J connectivity index is 1.46. The molecule has 0 amide bonds. The number of halogens is 1. The first-order valence-corrected chi connectivity index (χ1v) is 10.2. The molecule has 0 radical (unpaired) electrons. The minimum Gasteiger partial charge on any atom is -0.376 e. The maximum Gasteiger partial charge on any atom is 0.311 e. The number of anilines is 1. The van der Waals surface area contributed by atoms with Gasteiger partial charge in [0.15, 0.2) is 0 Å². The fourth-order valence-corrected chi connectivity index (χ4v) is 3.83. The number of benzene rings is 2. The van der Waals surface area contributed by atoms with Crippen LogP contribution in [0.2, 0.25) is 5.02 Å². The summed E-state index contributed by atoms with van der Waals surface area (Å²) in [7, 11) is 0. The van der Waals surface area contributed by atoms with Crippen molar-refractivity contribution >= 4 is 33.9 Å². The first-order chi connectivity index (χ1) is 14.6. The van der Waals surface area contributed by atoms with Gasteiger partial charge in [-0.05, 0) is 36.6 Å². The molecule has 1 aliphatic rings. The lowest BCUT2D eigenvalue weighted by Crippen LogP contribution is -2.36. The normalized spacial score (nSPS) is 19.0. The highest BCUT2D eigenvalue weighted by molar-refractivity contribution is 6.31. The molecule has 0 bridgehead atoms. The van der Waals surface area contributed by atoms with Gasteiger partial charge >= 0.3 is 5.69 Å². The number of nitrogens with zero attached hydrogens (tertiary/aromatic N) is 2. The highest BCUT2D eigenvalue weighted by Crippen LogP contribution is 2.34. The maximum absolute atomic E-state index is 11.6. The molecule has 2 atom stereocenters. The predicted molar refractivity (Wildman–Crippen MR) is 116 cm³/mol. The minimum atomic E-state index is -0.421. The summed E-state index contributed by atoms with van der Waals surface area (Å²) in [5, 5.41) is 16.1. The standard InChI is InChI=1S/C22H22ClN3O4/c23-16-6-7-20-19(10-16)22(21(12-24-20)26(27)28)25-17-8-9-30-18(11-17)14-29-13-15-4-2-1-3-5-15/h1-7,10,12,17-18H,8-9,11,13-14H2,(H,24,25)/t17-,18+/m1/s1. The molecule has 1 N–H and O–H groups in total. The zero-order valence-electron chi connectivity index (χ0n) is 16.3. The van der Waals surface area contributed by atoms with Gasteiger partial charge in [-0.1, -0.05) is 41.9 Å². The molecule has 7 nitrogen and oxygen atoms in total. The van der Waals surface area contributed by atoms with E-state index in [1.807, 2.05) is 30.3 Å². The Kier molecular flexibility index (Phi) is 6.42. The Hall–Kier alpha value is -2.74. The van der Waals surface area contributed by atoms with Gasteiger partial charge in [-0.25, -0.2) is 4.98 Å². The summed E-state index contributed by atoms with van der Waals surface area (Å²) in [5.41, 5.74) is 2.15. The van der Waals surface area contributed by atoms with Gasteiger partial charge in [0.05, 0.1) is 29.8 Å². The molecule has 3 aromatic rings. The van der Waals surface area contributed by atoms with E-state index in [2.05, 4.69) is 10.3 Å². The monoisotopic (exact) mass is 427 g/mol. The van der Waals surface area contributed by atoms with E-state index in [4.69, 9.17) is 21.1 Å². The summed E-state index contributed by atoms with van der Waals surface area (Å²) in [6.07, 6.45) is 2.65. The summed E-state index contributed by atoms with van der Waals surface area (Å²) in [6, 6.07) is 15.2. The summed E-state index contributed by atoms with van der Waals surface area (Å²) < 4.78 is 11.7. The molecule has 1 saturated heterocycles. The molecule has 1 aromatic heterocycles. The van der Waals surface area contributed by atoms with Gasteiger partial charge in [0.1, 0.15) is 11.9 Å². The van der Waals surface area contributed by atoms with E-state index in [0.717, 1.165) is 12.0 Å². The van der Waals surface area contributed by atoms with E-state index in [1.54, 1.807) is 18.2 Å². The van der Waals surface area contributed by atoms with Crippen molar-refractivity contribution < 1.29 is 14.4 Å². The largest absolute Gasteiger partial charge is 0.376 e. The Morgan fingerprint density at radius 1 is 1.27 bits per heavy atom. The zero-order chi connectivity index (χ0) is 20.9. The van der Waals surface area contributed by atoms with Gasteiger partial charge in [-0.3, -0.25) is 10.1 Å². The smallest absolute Gasteiger partial charge is 0.311 e. The van der Waals surface area contributed by atoms with Crippen molar-refractivity contribution in [1.29, 1.82) is 0 Å². The van der Waals surface area contributed by atoms with E-state index in [-0.39, 0.29) is 17.8 Å². The molecule has 0 spiro atoms. The molecular formula is C22H22ClN3O4. The van der Waals surface area contributed by atoms with Crippen LogP contribution in [0.5, 0.6) is 0 Å². The summed E-state index contributed by atoms with van der Waals surface area (Å²) >= 11 is 6.13. The second-order valence-electron chi connectivity index (χ2n) is 7.30. The third-order valence-corrected chi connectivity index (χ3v) is 5.37. The summed E-state index contributed by atoms with van der Waals surface area (Å²) in [5.74, 6) is 0. The van der Waals surface area contributed by atoms with Gasteiger partial charge in [-0.15, -0.1) is 0 Å². The Labute approximate surface area is 179 Å². The minimum absolute atomic E-state index is 0.0207. The number of hydrogen-bond donors (Lipinski definition) is 1. The molecule has 0 aliphatic carbocycles. The fourth-order valence-electron chi connectivity index (χ4n) is 3.66. The quantitative estimate of drug-likeness (QED) is 0.423. The second kappa shape index (κ2) is 9.38. The first kappa shape index (κ1) is 20.5. The average molecular weight is 428 g/mol. The van der Waals surface area contributed by atoms with Crippen LogP contribution >= 0.6 is 11.6 Å². The number of hydrogen-bond acceptors (Lipinski definition) is 6. The van der Waals surface area contributed by atoms with Gasteiger partial charge in [0.2, 0.25) is 0 Å². The van der Waals surface area contributed by atoms with E-state index >= 15 is 0 Å². The number of nitrogens with one attached hydrogen (secondary N) is 1. The molecule has 1 aliphatic heterocycles. The lowest BCUT2D eigenvalue weighted by Gasteiger charge is -2.30. The van der Waals surface area contributed by atoms with Gasteiger partial charge in [0, 0.05) is 23.1 Å². The molecule has 156 valence electrons. The van der Waals surface area contributed by atoms with Crippen LogP contribution in [-0.2, 0) is 16.1 Å². The van der Waals surface area contributed by atoms with Gasteiger partial charge < -0.3 is 14.8 Å². The van der Waals surface area contributed by atoms with E-state index in [1.165, 1.54) is 6.20 Å². The van der Waals surface area contributed by atoms with Crippen molar-refractivity contribution in [3.8, 4) is 0 Å². The summed E-state index contributed by atoms with van der Waals surface area (Å²) in [4.78, 5) is 15.4. The van der Waals surface area contributed by atoms with Crippen molar-refractivity contribution in [2.24, 2.45) is 0 Å². The molecule has 2 heterocycles. The maximum atomic E-state index is 11.6. The number of fused-ring (bicyclic) bond motifs is 1. The zero-order valence-corrected chi connectivity index (χ0v) is 17.0. The highest BCUT2D eigenvalue weighted by Gasteiger charge is 2.26. The van der Waals surface area contributed by atoms with Crippen molar-refractivity contribution in [3.63, 3.8) is 0 Å². The molecule has 2 aromatic carbocycles. The lowest BCUT2D eigenvalue weighted by molar-refractivity contribution is -0.384. The molecule has 1 fully saturated rings. The van der Waals surface area contributed by atoms with E-state index < -0.39 is 4.92 Å². The average Bonchev–Trinajstić information content (AvgIpc) is 2.75. The van der Waals surface area contributed by atoms with Crippen LogP contribution in [0, 0.1) is 10.1 Å². The topological polar surface area (TPSA) is 86.5 Å². The number of rotatable bonds is 7. The lowest BCUT2D eigenvalue weighted by atomic mass is 10.0. The third-order valence-electron chi connectivity index (χ3n) is 5.14. The van der Waals surface area contributed by atoms with Crippen LogP contribution in [0.15, 0.2) is 54.7 Å². The van der Waals surface area contributed by atoms with Gasteiger partial charge in [0.25, 0.3) is 0 Å². The Morgan fingerprint density at radius 2 is 2.10 bits per heavy atom. The van der Waals surface area contributed by atoms with Crippen molar-refractivity contribution in [2.45, 2.75) is 31.6 Å². The van der Waals surface area contributed by atoms with E-state index in [9.17, 15) is 10.1 Å². The predicted octanol–water partition coefficient (Wildman–Crippen LogP) is 4.97. The Bertz CT molecular complexity index is 1030. The molecule has 8 heteroatoms. The number of pyridine rings is 1. The number of nitro groups is 1. The van der Waals surface area contributed by atoms with E-state index in [0.29, 0.717) is 47.9 Å². The van der Waals surface area contributed by atoms with Crippen LogP contribution in [0.4, 0.5) is 11.4 Å². The molecular weight excluding hydrogens is 406 g/mol. The van der Waals surface area contributed by atoms with Crippen molar-refractivity contribution in [3.05, 3.63) is 75.4 Å². The fraction of sp³-hybridized carbons (Fsp3) is 0.318. The Morgan fingerprint density at radius 3 is 2.90 bits per heavy atom. The summed E-state index contributed by atoms with van der Waals surface area (Å²) in [6.45, 7) is 1.56. The molecule has 30 heavy (non-hydrogen) atoms. The van der Waals surface area contributed by atoms with Gasteiger partial charge in [-0.2, -0.15) is 0 Å². The van der Waals surface area contributed by atoms with Crippen LogP contribution in [0.1, 0.15) is 18.4 Å². The molecule has 0 saturated carbocycles. The van der Waals surface area contributed by atoms with Crippen LogP contribution in [0.3, 0.4) is 0 Å². The number of aromatic nitrogens is 1. The van der Waals surface area contributed by atoms with Crippen LogP contribution in [-0.4, -0.2) is 35.3 Å². The SMILES string of the molecule is O=[N+]([O-])c1cnc2ccc(Cl)cc2c1N[C@@H]1CCO[C@H](COCc2ccccc2)C1. The van der Waals surface area contributed by atoms with Crippen LogP contribution in [0.25, 0.3) is 10.9 Å². The number of ether oxygens (including phenoxy) is 2. The van der Waals surface area contributed by atoms with Crippen LogP contribution < -0.4 is 5.32 Å². The first-order valence-electron chi connectivity index (χ1n) is 9.82. The van der Waals surface area contributed by atoms with Crippen molar-refractivity contribution in [2.75, 3.05) is 18.5 Å². The second-order valence-corrected chi connectivity index (χ2v) is 7.73. The molecule has 0 unspecified atom stereocenters. The molecule has 4 rings (SSSR count).